The Morgan fingerprint density at radius 2 is 1.65 bits per heavy atom. The molecule has 0 saturated carbocycles. The van der Waals surface area contributed by atoms with Gasteiger partial charge in [-0.3, -0.25) is 9.63 Å². The summed E-state index contributed by atoms with van der Waals surface area (Å²) in [6.07, 6.45) is 0.989. The van der Waals surface area contributed by atoms with Gasteiger partial charge < -0.3 is 9.84 Å². The van der Waals surface area contributed by atoms with Crippen molar-refractivity contribution >= 4 is 11.9 Å². The Hall–Kier alpha value is -2.70. The zero-order chi connectivity index (χ0) is 18.6. The van der Waals surface area contributed by atoms with Gasteiger partial charge in [0.2, 0.25) is 0 Å². The van der Waals surface area contributed by atoms with Gasteiger partial charge in [-0.05, 0) is 30.5 Å². The van der Waals surface area contributed by atoms with Crippen LogP contribution in [0.2, 0.25) is 0 Å². The van der Waals surface area contributed by atoms with E-state index in [1.807, 2.05) is 36.4 Å². The zero-order valence-corrected chi connectivity index (χ0v) is 14.5. The van der Waals surface area contributed by atoms with Gasteiger partial charge in [-0.1, -0.05) is 48.5 Å². The minimum absolute atomic E-state index is 0.0680. The van der Waals surface area contributed by atoms with E-state index in [1.165, 1.54) is 0 Å². The van der Waals surface area contributed by atoms with Crippen LogP contribution in [0.1, 0.15) is 35.2 Å². The van der Waals surface area contributed by atoms with Crippen LogP contribution in [0.4, 0.5) is 0 Å². The molecular weight excluding hydrogens is 334 g/mol. The topological polar surface area (TPSA) is 84.9 Å². The Kier molecular flexibility index (Phi) is 8.32. The van der Waals surface area contributed by atoms with E-state index in [9.17, 15) is 9.59 Å². The fourth-order valence-electron chi connectivity index (χ4n) is 2.38. The standard InChI is InChI=1S/C20H23NO5/c22-19(23)14-18(21-26-15-16-8-3-1-4-9-16)12-7-13-25-20(24)17-10-5-2-6-11-17/h1-6,8-11,18,21H,7,12-15H2,(H,22,23)/t18-/m1/s1. The van der Waals surface area contributed by atoms with E-state index in [0.29, 0.717) is 25.0 Å². The molecule has 2 aromatic rings. The molecule has 1 atom stereocenters. The predicted molar refractivity (Wildman–Crippen MR) is 96.4 cm³/mol. The summed E-state index contributed by atoms with van der Waals surface area (Å²) in [5, 5.41) is 9.01. The second-order valence-corrected chi connectivity index (χ2v) is 5.83. The van der Waals surface area contributed by atoms with Crippen molar-refractivity contribution < 1.29 is 24.3 Å². The first-order chi connectivity index (χ1) is 12.6. The second-order valence-electron chi connectivity index (χ2n) is 5.83. The molecule has 0 unspecified atom stereocenters. The molecule has 2 aromatic carbocycles. The molecular formula is C20H23NO5. The van der Waals surface area contributed by atoms with Crippen molar-refractivity contribution in [2.45, 2.75) is 31.9 Å². The second kappa shape index (κ2) is 11.0. The van der Waals surface area contributed by atoms with Gasteiger partial charge in [0.15, 0.2) is 0 Å². The van der Waals surface area contributed by atoms with Crippen LogP contribution in [0.5, 0.6) is 0 Å². The summed E-state index contributed by atoms with van der Waals surface area (Å²) >= 11 is 0. The number of carboxylic acids is 1. The van der Waals surface area contributed by atoms with Crippen molar-refractivity contribution in [3.05, 3.63) is 71.8 Å². The highest BCUT2D eigenvalue weighted by molar-refractivity contribution is 5.89. The number of carbonyl (C=O) groups excluding carboxylic acids is 1. The molecule has 0 amide bonds. The molecule has 0 bridgehead atoms. The van der Waals surface area contributed by atoms with E-state index in [2.05, 4.69) is 5.48 Å². The number of esters is 1. The van der Waals surface area contributed by atoms with Crippen molar-refractivity contribution in [1.82, 2.24) is 5.48 Å². The molecule has 0 aliphatic rings. The molecule has 0 aromatic heterocycles. The average molecular weight is 357 g/mol. The number of rotatable bonds is 11. The van der Waals surface area contributed by atoms with Gasteiger partial charge in [-0.25, -0.2) is 4.79 Å². The van der Waals surface area contributed by atoms with Crippen LogP contribution in [-0.2, 0) is 21.0 Å². The number of nitrogens with one attached hydrogen (secondary N) is 1. The first-order valence-electron chi connectivity index (χ1n) is 8.50. The molecule has 0 aliphatic heterocycles. The normalized spacial score (nSPS) is 11.7. The van der Waals surface area contributed by atoms with Crippen LogP contribution in [0, 0.1) is 0 Å². The molecule has 6 nitrogen and oxygen atoms in total. The summed E-state index contributed by atoms with van der Waals surface area (Å²) in [5.41, 5.74) is 4.29. The molecule has 0 spiro atoms. The van der Waals surface area contributed by atoms with Gasteiger partial charge in [0.25, 0.3) is 0 Å². The Bertz CT molecular complexity index is 675. The minimum atomic E-state index is -0.910. The number of ether oxygens (including phenoxy) is 1. The molecule has 0 saturated heterocycles. The maximum Gasteiger partial charge on any atom is 0.338 e. The lowest BCUT2D eigenvalue weighted by Gasteiger charge is -2.16. The zero-order valence-electron chi connectivity index (χ0n) is 14.5. The molecule has 6 heteroatoms. The van der Waals surface area contributed by atoms with Crippen molar-refractivity contribution in [3.63, 3.8) is 0 Å². The summed E-state index contributed by atoms with van der Waals surface area (Å²) in [5.74, 6) is -1.29. The Morgan fingerprint density at radius 3 is 2.31 bits per heavy atom. The number of carbonyl (C=O) groups is 2. The summed E-state index contributed by atoms with van der Waals surface area (Å²) in [6.45, 7) is 0.574. The van der Waals surface area contributed by atoms with Crippen LogP contribution < -0.4 is 5.48 Å². The van der Waals surface area contributed by atoms with Crippen molar-refractivity contribution in [2.24, 2.45) is 0 Å². The Balaban J connectivity index is 1.69. The van der Waals surface area contributed by atoms with Gasteiger partial charge in [-0.15, -0.1) is 0 Å². The summed E-state index contributed by atoms with van der Waals surface area (Å²) in [6, 6.07) is 18.0. The fourth-order valence-corrected chi connectivity index (χ4v) is 2.38. The maximum atomic E-state index is 11.8. The lowest BCUT2D eigenvalue weighted by molar-refractivity contribution is -0.139. The number of hydrogen-bond donors (Lipinski definition) is 2. The highest BCUT2D eigenvalue weighted by Gasteiger charge is 2.14. The van der Waals surface area contributed by atoms with Crippen molar-refractivity contribution in [3.8, 4) is 0 Å². The van der Waals surface area contributed by atoms with Gasteiger partial charge in [-0.2, -0.15) is 5.48 Å². The largest absolute Gasteiger partial charge is 0.481 e. The minimum Gasteiger partial charge on any atom is -0.481 e. The number of hydroxylamine groups is 1. The predicted octanol–water partition coefficient (Wildman–Crippen LogP) is 3.19. The summed E-state index contributed by atoms with van der Waals surface area (Å²) in [4.78, 5) is 28.2. The van der Waals surface area contributed by atoms with Gasteiger partial charge in [0.05, 0.1) is 25.2 Å². The van der Waals surface area contributed by atoms with Gasteiger partial charge in [0, 0.05) is 6.04 Å². The van der Waals surface area contributed by atoms with E-state index < -0.39 is 5.97 Å². The van der Waals surface area contributed by atoms with E-state index >= 15 is 0 Å². The molecule has 0 heterocycles. The molecule has 0 radical (unpaired) electrons. The first kappa shape index (κ1) is 19.6. The van der Waals surface area contributed by atoms with Crippen LogP contribution in [0.3, 0.4) is 0 Å². The van der Waals surface area contributed by atoms with E-state index in [-0.39, 0.29) is 25.0 Å². The number of carboxylic acid groups (broad SMARTS) is 1. The number of aliphatic carboxylic acids is 1. The Labute approximate surface area is 152 Å². The fraction of sp³-hybridized carbons (Fsp3) is 0.300. The highest BCUT2D eigenvalue weighted by atomic mass is 16.6. The van der Waals surface area contributed by atoms with E-state index in [0.717, 1.165) is 5.56 Å². The number of hydrogen-bond acceptors (Lipinski definition) is 5. The average Bonchev–Trinajstić information content (AvgIpc) is 2.66. The SMILES string of the molecule is O=C(O)C[C@@H](CCCOC(=O)c1ccccc1)NOCc1ccccc1. The van der Waals surface area contributed by atoms with Gasteiger partial charge >= 0.3 is 11.9 Å². The first-order valence-corrected chi connectivity index (χ1v) is 8.50. The molecule has 2 N–H and O–H groups in total. The maximum absolute atomic E-state index is 11.8. The van der Waals surface area contributed by atoms with Crippen LogP contribution in [0.15, 0.2) is 60.7 Å². The highest BCUT2D eigenvalue weighted by Crippen LogP contribution is 2.07. The molecule has 2 rings (SSSR count). The third-order valence-electron chi connectivity index (χ3n) is 3.69. The molecule has 26 heavy (non-hydrogen) atoms. The molecule has 0 fully saturated rings. The van der Waals surface area contributed by atoms with E-state index in [4.69, 9.17) is 14.7 Å². The van der Waals surface area contributed by atoms with Crippen LogP contribution in [0.25, 0.3) is 0 Å². The summed E-state index contributed by atoms with van der Waals surface area (Å²) in [7, 11) is 0. The third-order valence-corrected chi connectivity index (χ3v) is 3.69. The van der Waals surface area contributed by atoms with Crippen LogP contribution in [-0.4, -0.2) is 29.7 Å². The van der Waals surface area contributed by atoms with Crippen molar-refractivity contribution in [1.29, 1.82) is 0 Å². The Morgan fingerprint density at radius 1 is 1.00 bits per heavy atom. The van der Waals surface area contributed by atoms with Crippen molar-refractivity contribution in [2.75, 3.05) is 6.61 Å². The third kappa shape index (κ3) is 7.46. The lowest BCUT2D eigenvalue weighted by Crippen LogP contribution is -2.31. The quantitative estimate of drug-likeness (QED) is 0.365. The van der Waals surface area contributed by atoms with E-state index in [1.54, 1.807) is 24.3 Å². The van der Waals surface area contributed by atoms with Gasteiger partial charge in [0.1, 0.15) is 0 Å². The van der Waals surface area contributed by atoms with Crippen LogP contribution >= 0.6 is 0 Å². The smallest absolute Gasteiger partial charge is 0.338 e. The summed E-state index contributed by atoms with van der Waals surface area (Å²) < 4.78 is 5.20. The monoisotopic (exact) mass is 357 g/mol. The molecule has 0 aliphatic carbocycles. The number of benzene rings is 2. The molecule has 138 valence electrons. The lowest BCUT2D eigenvalue weighted by atomic mass is 10.1.